The van der Waals surface area contributed by atoms with Crippen LogP contribution >= 0.6 is 12.2 Å². The SMILES string of the molecule is CCC1CCCN(CCC(=O)N(C)CCC(N)=S)C1. The van der Waals surface area contributed by atoms with Crippen molar-refractivity contribution in [3.05, 3.63) is 0 Å². The lowest BCUT2D eigenvalue weighted by molar-refractivity contribution is -0.130. The molecule has 1 aliphatic rings. The summed E-state index contributed by atoms with van der Waals surface area (Å²) in [5.74, 6) is 1.01. The van der Waals surface area contributed by atoms with Crippen molar-refractivity contribution in [1.82, 2.24) is 9.80 Å². The van der Waals surface area contributed by atoms with Gasteiger partial charge in [-0.15, -0.1) is 0 Å². The lowest BCUT2D eigenvalue weighted by Gasteiger charge is -2.32. The molecule has 0 aliphatic carbocycles. The van der Waals surface area contributed by atoms with Gasteiger partial charge in [0.2, 0.25) is 5.91 Å². The van der Waals surface area contributed by atoms with Crippen LogP contribution < -0.4 is 5.73 Å². The minimum absolute atomic E-state index is 0.190. The number of rotatable bonds is 7. The molecule has 1 unspecified atom stereocenters. The normalized spacial score (nSPS) is 20.2. The van der Waals surface area contributed by atoms with Crippen LogP contribution in [0.4, 0.5) is 0 Å². The Balaban J connectivity index is 2.23. The Hall–Kier alpha value is -0.680. The van der Waals surface area contributed by atoms with Crippen molar-refractivity contribution in [3.8, 4) is 0 Å². The standard InChI is InChI=1S/C14H27N3OS/c1-3-12-5-4-8-17(11-12)10-7-14(18)16(2)9-6-13(15)19/h12H,3-11H2,1-2H3,(H2,15,19). The van der Waals surface area contributed by atoms with Gasteiger partial charge in [-0.25, -0.2) is 0 Å². The minimum Gasteiger partial charge on any atom is -0.393 e. The Kier molecular flexibility index (Phi) is 7.31. The number of nitrogens with two attached hydrogens (primary N) is 1. The van der Waals surface area contributed by atoms with Gasteiger partial charge in [0.05, 0.1) is 4.99 Å². The first kappa shape index (κ1) is 16.4. The number of carbonyl (C=O) groups is 1. The van der Waals surface area contributed by atoms with Crippen molar-refractivity contribution in [2.75, 3.05) is 33.2 Å². The largest absolute Gasteiger partial charge is 0.393 e. The van der Waals surface area contributed by atoms with Crippen LogP contribution in [0.15, 0.2) is 0 Å². The molecule has 0 saturated carbocycles. The fraction of sp³-hybridized carbons (Fsp3) is 0.857. The van der Waals surface area contributed by atoms with Crippen molar-refractivity contribution < 1.29 is 4.79 Å². The Morgan fingerprint density at radius 3 is 2.84 bits per heavy atom. The molecule has 0 spiro atoms. The van der Waals surface area contributed by atoms with Gasteiger partial charge in [0.25, 0.3) is 0 Å². The number of amides is 1. The van der Waals surface area contributed by atoms with E-state index in [2.05, 4.69) is 11.8 Å². The summed E-state index contributed by atoms with van der Waals surface area (Å²) in [5, 5.41) is 0. The zero-order valence-electron chi connectivity index (χ0n) is 12.2. The van der Waals surface area contributed by atoms with Gasteiger partial charge >= 0.3 is 0 Å². The van der Waals surface area contributed by atoms with Crippen LogP contribution in [0.5, 0.6) is 0 Å². The average Bonchev–Trinajstić information content (AvgIpc) is 2.42. The van der Waals surface area contributed by atoms with Gasteiger partial charge in [-0.3, -0.25) is 4.79 Å². The Bertz CT molecular complexity index is 309. The fourth-order valence-electron chi connectivity index (χ4n) is 2.53. The quantitative estimate of drug-likeness (QED) is 0.722. The number of hydrogen-bond donors (Lipinski definition) is 1. The molecule has 0 aromatic heterocycles. The third kappa shape index (κ3) is 6.34. The Morgan fingerprint density at radius 1 is 1.47 bits per heavy atom. The first-order valence-electron chi connectivity index (χ1n) is 7.27. The number of likely N-dealkylation sites (tertiary alicyclic amines) is 1. The molecule has 1 heterocycles. The summed E-state index contributed by atoms with van der Waals surface area (Å²) >= 11 is 4.83. The maximum atomic E-state index is 12.0. The Labute approximate surface area is 122 Å². The average molecular weight is 285 g/mol. The van der Waals surface area contributed by atoms with E-state index >= 15 is 0 Å². The molecule has 1 saturated heterocycles. The predicted octanol–water partition coefficient (Wildman–Crippen LogP) is 1.63. The second-order valence-corrected chi connectivity index (χ2v) is 6.02. The molecule has 110 valence electrons. The summed E-state index contributed by atoms with van der Waals surface area (Å²) in [7, 11) is 1.83. The summed E-state index contributed by atoms with van der Waals surface area (Å²) in [6, 6.07) is 0. The zero-order valence-corrected chi connectivity index (χ0v) is 13.0. The van der Waals surface area contributed by atoms with Crippen molar-refractivity contribution in [3.63, 3.8) is 0 Å². The van der Waals surface area contributed by atoms with Crippen LogP contribution in [0.25, 0.3) is 0 Å². The number of nitrogens with zero attached hydrogens (tertiary/aromatic N) is 2. The van der Waals surface area contributed by atoms with Crippen molar-refractivity contribution in [2.45, 2.75) is 39.0 Å². The highest BCUT2D eigenvalue weighted by Gasteiger charge is 2.19. The molecule has 19 heavy (non-hydrogen) atoms. The molecule has 0 aromatic rings. The molecule has 1 atom stereocenters. The molecule has 0 bridgehead atoms. The van der Waals surface area contributed by atoms with E-state index in [0.717, 1.165) is 25.6 Å². The van der Waals surface area contributed by atoms with E-state index in [0.29, 0.717) is 24.4 Å². The molecule has 5 heteroatoms. The topological polar surface area (TPSA) is 49.6 Å². The lowest BCUT2D eigenvalue weighted by atomic mass is 9.95. The van der Waals surface area contributed by atoms with Crippen LogP contribution in [0, 0.1) is 5.92 Å². The summed E-state index contributed by atoms with van der Waals surface area (Å²) in [6.07, 6.45) is 5.07. The third-order valence-electron chi connectivity index (χ3n) is 3.94. The first-order chi connectivity index (χ1) is 9.02. The van der Waals surface area contributed by atoms with Gasteiger partial charge < -0.3 is 15.5 Å². The van der Waals surface area contributed by atoms with E-state index in [1.165, 1.54) is 19.3 Å². The van der Waals surface area contributed by atoms with Crippen molar-refractivity contribution in [1.29, 1.82) is 0 Å². The summed E-state index contributed by atoms with van der Waals surface area (Å²) in [4.78, 5) is 16.6. The summed E-state index contributed by atoms with van der Waals surface area (Å²) < 4.78 is 0. The van der Waals surface area contributed by atoms with Gasteiger partial charge in [0.1, 0.15) is 0 Å². The van der Waals surface area contributed by atoms with E-state index < -0.39 is 0 Å². The van der Waals surface area contributed by atoms with Crippen LogP contribution in [-0.4, -0.2) is 53.9 Å². The zero-order chi connectivity index (χ0) is 14.3. The fourth-order valence-corrected chi connectivity index (χ4v) is 2.63. The van der Waals surface area contributed by atoms with Gasteiger partial charge in [-0.1, -0.05) is 25.6 Å². The number of carbonyl (C=O) groups excluding carboxylic acids is 1. The van der Waals surface area contributed by atoms with Gasteiger partial charge in [-0.05, 0) is 25.3 Å². The Morgan fingerprint density at radius 2 is 2.21 bits per heavy atom. The first-order valence-corrected chi connectivity index (χ1v) is 7.68. The van der Waals surface area contributed by atoms with Gasteiger partial charge in [0.15, 0.2) is 0 Å². The molecular formula is C14H27N3OS. The maximum absolute atomic E-state index is 12.0. The molecule has 1 fully saturated rings. The van der Waals surface area contributed by atoms with E-state index in [4.69, 9.17) is 18.0 Å². The highest BCUT2D eigenvalue weighted by atomic mass is 32.1. The maximum Gasteiger partial charge on any atom is 0.223 e. The highest BCUT2D eigenvalue weighted by molar-refractivity contribution is 7.80. The van der Waals surface area contributed by atoms with Gasteiger partial charge in [-0.2, -0.15) is 0 Å². The highest BCUT2D eigenvalue weighted by Crippen LogP contribution is 2.19. The summed E-state index contributed by atoms with van der Waals surface area (Å²) in [6.45, 7) is 6.06. The van der Waals surface area contributed by atoms with E-state index in [-0.39, 0.29) is 5.91 Å². The number of piperidine rings is 1. The number of hydrogen-bond acceptors (Lipinski definition) is 3. The van der Waals surface area contributed by atoms with E-state index in [1.54, 1.807) is 4.90 Å². The molecule has 1 amide bonds. The predicted molar refractivity (Wildman–Crippen MR) is 83.1 cm³/mol. The van der Waals surface area contributed by atoms with Gasteiger partial charge in [0, 0.05) is 39.5 Å². The minimum atomic E-state index is 0.190. The smallest absolute Gasteiger partial charge is 0.223 e. The van der Waals surface area contributed by atoms with Crippen LogP contribution in [-0.2, 0) is 4.79 Å². The molecule has 2 N–H and O–H groups in total. The molecule has 1 rings (SSSR count). The number of thiocarbonyl (C=S) groups is 1. The lowest BCUT2D eigenvalue weighted by Crippen LogP contribution is -2.38. The molecule has 0 aromatic carbocycles. The summed E-state index contributed by atoms with van der Waals surface area (Å²) in [5.41, 5.74) is 5.45. The van der Waals surface area contributed by atoms with Crippen molar-refractivity contribution >= 4 is 23.1 Å². The van der Waals surface area contributed by atoms with E-state index in [9.17, 15) is 4.79 Å². The van der Waals surface area contributed by atoms with Crippen LogP contribution in [0.3, 0.4) is 0 Å². The van der Waals surface area contributed by atoms with E-state index in [1.807, 2.05) is 7.05 Å². The molecule has 1 aliphatic heterocycles. The monoisotopic (exact) mass is 285 g/mol. The molecule has 0 radical (unpaired) electrons. The second-order valence-electron chi connectivity index (χ2n) is 5.50. The molecular weight excluding hydrogens is 258 g/mol. The second kappa shape index (κ2) is 8.48. The third-order valence-corrected chi connectivity index (χ3v) is 4.15. The van der Waals surface area contributed by atoms with Crippen LogP contribution in [0.2, 0.25) is 0 Å². The molecule has 4 nitrogen and oxygen atoms in total. The van der Waals surface area contributed by atoms with Crippen molar-refractivity contribution in [2.24, 2.45) is 11.7 Å². The van der Waals surface area contributed by atoms with Crippen LogP contribution in [0.1, 0.15) is 39.0 Å².